The minimum Gasteiger partial charge on any atom is -0.478 e. The van der Waals surface area contributed by atoms with Gasteiger partial charge in [0.15, 0.2) is 0 Å². The van der Waals surface area contributed by atoms with Crippen LogP contribution in [0, 0.1) is 6.92 Å². The minimum absolute atomic E-state index is 0.241. The molecule has 1 aromatic rings. The maximum absolute atomic E-state index is 10.9. The molecule has 1 aliphatic heterocycles. The Morgan fingerprint density at radius 3 is 2.84 bits per heavy atom. The van der Waals surface area contributed by atoms with Gasteiger partial charge in [0.05, 0.1) is 19.8 Å². The fraction of sp³-hybridized carbons (Fsp3) is 0.615. The van der Waals surface area contributed by atoms with Gasteiger partial charge in [-0.25, -0.2) is 4.79 Å². The number of hydrogen-bond acceptors (Lipinski definition) is 5. The second-order valence-electron chi connectivity index (χ2n) is 4.62. The summed E-state index contributed by atoms with van der Waals surface area (Å²) in [7, 11) is 0. The topological polar surface area (TPSA) is 74.9 Å². The molecule has 0 radical (unpaired) electrons. The number of morpholine rings is 1. The summed E-state index contributed by atoms with van der Waals surface area (Å²) < 4.78 is 10.7. The van der Waals surface area contributed by atoms with Gasteiger partial charge in [0.2, 0.25) is 0 Å². The van der Waals surface area contributed by atoms with Crippen LogP contribution in [0.2, 0.25) is 0 Å². The Hall–Kier alpha value is -1.37. The van der Waals surface area contributed by atoms with E-state index in [-0.39, 0.29) is 5.56 Å². The molecule has 1 fully saturated rings. The molecule has 1 saturated heterocycles. The predicted octanol–water partition coefficient (Wildman–Crippen LogP) is 0.708. The lowest BCUT2D eigenvalue weighted by Crippen LogP contribution is -2.40. The van der Waals surface area contributed by atoms with Crippen LogP contribution in [0.4, 0.5) is 0 Å². The standard InChI is InChI=1S/C13H20N2O4/c1-10-12(13(16)17)8-11(19-10)9-14-2-3-15-4-6-18-7-5-15/h8,14H,2-7,9H2,1H3,(H,16,17). The number of carboxylic acids is 1. The van der Waals surface area contributed by atoms with Crippen molar-refractivity contribution < 1.29 is 19.1 Å². The summed E-state index contributed by atoms with van der Waals surface area (Å²) in [5.74, 6) is 0.176. The van der Waals surface area contributed by atoms with E-state index in [0.717, 1.165) is 39.4 Å². The summed E-state index contributed by atoms with van der Waals surface area (Å²) in [4.78, 5) is 13.2. The van der Waals surface area contributed by atoms with Crippen molar-refractivity contribution >= 4 is 5.97 Å². The molecule has 1 aromatic heterocycles. The highest BCUT2D eigenvalue weighted by Gasteiger charge is 2.13. The number of nitrogens with zero attached hydrogens (tertiary/aromatic N) is 1. The molecule has 0 aliphatic carbocycles. The molecule has 1 aliphatic rings. The Morgan fingerprint density at radius 2 is 2.21 bits per heavy atom. The first kappa shape index (κ1) is 14.0. The van der Waals surface area contributed by atoms with E-state index in [1.807, 2.05) is 0 Å². The number of carbonyl (C=O) groups is 1. The second-order valence-corrected chi connectivity index (χ2v) is 4.62. The number of aromatic carboxylic acids is 1. The molecule has 106 valence electrons. The number of rotatable bonds is 6. The Morgan fingerprint density at radius 1 is 1.47 bits per heavy atom. The number of carboxylic acid groups (broad SMARTS) is 1. The normalized spacial score (nSPS) is 16.7. The molecular weight excluding hydrogens is 248 g/mol. The summed E-state index contributed by atoms with van der Waals surface area (Å²) in [5.41, 5.74) is 0.241. The number of nitrogens with one attached hydrogen (secondary N) is 1. The van der Waals surface area contributed by atoms with E-state index in [4.69, 9.17) is 14.3 Å². The van der Waals surface area contributed by atoms with E-state index >= 15 is 0 Å². The smallest absolute Gasteiger partial charge is 0.339 e. The third-order valence-electron chi connectivity index (χ3n) is 3.21. The zero-order valence-electron chi connectivity index (χ0n) is 11.1. The lowest BCUT2D eigenvalue weighted by molar-refractivity contribution is 0.0383. The number of aryl methyl sites for hydroxylation is 1. The monoisotopic (exact) mass is 268 g/mol. The molecular formula is C13H20N2O4. The Labute approximate surface area is 112 Å². The first-order valence-corrected chi connectivity index (χ1v) is 6.50. The first-order chi connectivity index (χ1) is 9.16. The molecule has 6 heteroatoms. The van der Waals surface area contributed by atoms with E-state index in [9.17, 15) is 4.79 Å². The second kappa shape index (κ2) is 6.70. The SMILES string of the molecule is Cc1oc(CNCCN2CCOCC2)cc1C(=O)O. The lowest BCUT2D eigenvalue weighted by Gasteiger charge is -2.26. The van der Waals surface area contributed by atoms with Crippen molar-refractivity contribution in [2.24, 2.45) is 0 Å². The number of hydrogen-bond donors (Lipinski definition) is 2. The highest BCUT2D eigenvalue weighted by atomic mass is 16.5. The molecule has 0 amide bonds. The van der Waals surface area contributed by atoms with E-state index in [1.54, 1.807) is 13.0 Å². The van der Waals surface area contributed by atoms with E-state index in [2.05, 4.69) is 10.2 Å². The summed E-state index contributed by atoms with van der Waals surface area (Å²) in [5, 5.41) is 12.2. The van der Waals surface area contributed by atoms with Crippen molar-refractivity contribution in [3.8, 4) is 0 Å². The average Bonchev–Trinajstić information content (AvgIpc) is 2.77. The van der Waals surface area contributed by atoms with Crippen LogP contribution in [0.1, 0.15) is 21.9 Å². The predicted molar refractivity (Wildman–Crippen MR) is 69.4 cm³/mol. The van der Waals surface area contributed by atoms with Crippen LogP contribution in [-0.4, -0.2) is 55.4 Å². The van der Waals surface area contributed by atoms with Gasteiger partial charge < -0.3 is 19.6 Å². The van der Waals surface area contributed by atoms with E-state index in [0.29, 0.717) is 18.1 Å². The van der Waals surface area contributed by atoms with Crippen molar-refractivity contribution in [3.05, 3.63) is 23.2 Å². The van der Waals surface area contributed by atoms with Gasteiger partial charge in [-0.15, -0.1) is 0 Å². The van der Waals surface area contributed by atoms with Gasteiger partial charge in [0, 0.05) is 26.2 Å². The van der Waals surface area contributed by atoms with Gasteiger partial charge in [-0.3, -0.25) is 4.90 Å². The third kappa shape index (κ3) is 4.05. The molecule has 0 bridgehead atoms. The molecule has 0 unspecified atom stereocenters. The largest absolute Gasteiger partial charge is 0.478 e. The van der Waals surface area contributed by atoms with E-state index < -0.39 is 5.97 Å². The zero-order valence-corrected chi connectivity index (χ0v) is 11.1. The highest BCUT2D eigenvalue weighted by Crippen LogP contribution is 2.14. The highest BCUT2D eigenvalue weighted by molar-refractivity contribution is 5.88. The van der Waals surface area contributed by atoms with Crippen LogP contribution in [0.15, 0.2) is 10.5 Å². The van der Waals surface area contributed by atoms with Crippen molar-refractivity contribution in [2.75, 3.05) is 39.4 Å². The van der Waals surface area contributed by atoms with Crippen molar-refractivity contribution in [1.29, 1.82) is 0 Å². The maximum Gasteiger partial charge on any atom is 0.339 e. The van der Waals surface area contributed by atoms with Gasteiger partial charge in [-0.05, 0) is 13.0 Å². The zero-order chi connectivity index (χ0) is 13.7. The van der Waals surface area contributed by atoms with Crippen molar-refractivity contribution in [2.45, 2.75) is 13.5 Å². The van der Waals surface area contributed by atoms with Crippen LogP contribution < -0.4 is 5.32 Å². The van der Waals surface area contributed by atoms with Crippen LogP contribution in [0.25, 0.3) is 0 Å². The summed E-state index contributed by atoms with van der Waals surface area (Å²) >= 11 is 0. The van der Waals surface area contributed by atoms with Crippen molar-refractivity contribution in [3.63, 3.8) is 0 Å². The van der Waals surface area contributed by atoms with Crippen LogP contribution >= 0.6 is 0 Å². The minimum atomic E-state index is -0.944. The quantitative estimate of drug-likeness (QED) is 0.740. The van der Waals surface area contributed by atoms with Gasteiger partial charge in [0.25, 0.3) is 0 Å². The van der Waals surface area contributed by atoms with Crippen LogP contribution in [-0.2, 0) is 11.3 Å². The lowest BCUT2D eigenvalue weighted by atomic mass is 10.2. The van der Waals surface area contributed by atoms with E-state index in [1.165, 1.54) is 0 Å². The van der Waals surface area contributed by atoms with Gasteiger partial charge in [-0.1, -0.05) is 0 Å². The summed E-state index contributed by atoms with van der Waals surface area (Å²) in [6.45, 7) is 7.60. The molecule has 2 rings (SSSR count). The maximum atomic E-state index is 10.9. The van der Waals surface area contributed by atoms with Gasteiger partial charge in [-0.2, -0.15) is 0 Å². The van der Waals surface area contributed by atoms with Crippen molar-refractivity contribution in [1.82, 2.24) is 10.2 Å². The van der Waals surface area contributed by atoms with Gasteiger partial charge >= 0.3 is 5.97 Å². The molecule has 0 spiro atoms. The van der Waals surface area contributed by atoms with Crippen LogP contribution in [0.3, 0.4) is 0 Å². The first-order valence-electron chi connectivity index (χ1n) is 6.50. The Bertz CT molecular complexity index is 424. The average molecular weight is 268 g/mol. The Balaban J connectivity index is 1.70. The van der Waals surface area contributed by atoms with Crippen LogP contribution in [0.5, 0.6) is 0 Å². The molecule has 19 heavy (non-hydrogen) atoms. The number of furan rings is 1. The molecule has 2 heterocycles. The molecule has 0 saturated carbocycles. The van der Waals surface area contributed by atoms with Gasteiger partial charge in [0.1, 0.15) is 17.1 Å². The molecule has 0 atom stereocenters. The summed E-state index contributed by atoms with van der Waals surface area (Å²) in [6, 6.07) is 1.58. The Kier molecular flexibility index (Phi) is 4.95. The summed E-state index contributed by atoms with van der Waals surface area (Å²) in [6.07, 6.45) is 0. The fourth-order valence-electron chi connectivity index (χ4n) is 2.12. The number of ether oxygens (including phenoxy) is 1. The molecule has 2 N–H and O–H groups in total. The fourth-order valence-corrected chi connectivity index (χ4v) is 2.12. The molecule has 0 aromatic carbocycles. The third-order valence-corrected chi connectivity index (χ3v) is 3.21. The molecule has 6 nitrogen and oxygen atoms in total.